The second kappa shape index (κ2) is 13.2. The number of nitrogens with two attached hydrogens (primary N) is 4. The Morgan fingerprint density at radius 3 is 2.30 bits per heavy atom. The van der Waals surface area contributed by atoms with E-state index in [0.717, 1.165) is 4.90 Å². The summed E-state index contributed by atoms with van der Waals surface area (Å²) in [6.45, 7) is -0.353. The quantitative estimate of drug-likeness (QED) is 0.0720. The summed E-state index contributed by atoms with van der Waals surface area (Å²) in [5.74, 6) is -4.58. The van der Waals surface area contributed by atoms with E-state index in [1.807, 2.05) is 0 Å². The summed E-state index contributed by atoms with van der Waals surface area (Å²) < 4.78 is 0. The Bertz CT molecular complexity index is 771. The molecular formula is C18H32N8O7. The Labute approximate surface area is 189 Å². The predicted molar refractivity (Wildman–Crippen MR) is 115 cm³/mol. The highest BCUT2D eigenvalue weighted by molar-refractivity contribution is 5.96. The van der Waals surface area contributed by atoms with Crippen LogP contribution in [0.2, 0.25) is 0 Å². The fourth-order valence-corrected chi connectivity index (χ4v) is 3.30. The molecule has 0 spiro atoms. The molecule has 1 saturated heterocycles. The third-order valence-electron chi connectivity index (χ3n) is 4.95. The topological polar surface area (TPSA) is 270 Å². The molecule has 0 saturated carbocycles. The molecule has 15 nitrogen and oxygen atoms in total. The SMILES string of the molecule is NC(=O)CC(NC(=O)C(N)CO)C(=O)N1CCCC1C(=O)NC(CCCN=C(N)N)C(=O)O. The van der Waals surface area contributed by atoms with Crippen molar-refractivity contribution in [3.63, 3.8) is 0 Å². The molecule has 1 aliphatic heterocycles. The van der Waals surface area contributed by atoms with Crippen LogP contribution in [0, 0.1) is 0 Å². The lowest BCUT2D eigenvalue weighted by molar-refractivity contribution is -0.145. The van der Waals surface area contributed by atoms with Crippen LogP contribution in [0.3, 0.4) is 0 Å². The van der Waals surface area contributed by atoms with Gasteiger partial charge in [-0.2, -0.15) is 0 Å². The number of carboxylic acids is 1. The number of carboxylic acid groups (broad SMARTS) is 1. The van der Waals surface area contributed by atoms with Gasteiger partial charge < -0.3 is 48.7 Å². The van der Waals surface area contributed by atoms with Crippen molar-refractivity contribution >= 4 is 35.6 Å². The molecule has 4 unspecified atom stereocenters. The number of aliphatic hydroxyl groups is 1. The summed E-state index contributed by atoms with van der Waals surface area (Å²) in [6.07, 6.45) is 0.499. The molecule has 1 rings (SSSR count). The zero-order valence-corrected chi connectivity index (χ0v) is 18.1. The highest BCUT2D eigenvalue weighted by Crippen LogP contribution is 2.20. The number of aliphatic carboxylic acids is 1. The molecule has 4 amide bonds. The first-order valence-electron chi connectivity index (χ1n) is 10.3. The van der Waals surface area contributed by atoms with Crippen molar-refractivity contribution in [3.8, 4) is 0 Å². The third-order valence-corrected chi connectivity index (χ3v) is 4.95. The Balaban J connectivity index is 2.88. The van der Waals surface area contributed by atoms with Gasteiger partial charge in [-0.05, 0) is 25.7 Å². The number of carbonyl (C=O) groups is 5. The number of nitrogens with one attached hydrogen (secondary N) is 2. The van der Waals surface area contributed by atoms with Crippen molar-refractivity contribution in [3.05, 3.63) is 0 Å². The van der Waals surface area contributed by atoms with Crippen LogP contribution in [-0.4, -0.2) is 94.5 Å². The summed E-state index contributed by atoms with van der Waals surface area (Å²) in [5.41, 5.74) is 21.0. The third kappa shape index (κ3) is 8.89. The lowest BCUT2D eigenvalue weighted by Gasteiger charge is -2.29. The number of likely N-dealkylation sites (tertiary alicyclic amines) is 1. The monoisotopic (exact) mass is 472 g/mol. The number of aliphatic hydroxyl groups excluding tert-OH is 1. The average Bonchev–Trinajstić information content (AvgIpc) is 3.23. The Morgan fingerprint density at radius 1 is 1.09 bits per heavy atom. The van der Waals surface area contributed by atoms with E-state index >= 15 is 0 Å². The van der Waals surface area contributed by atoms with Gasteiger partial charge in [0.05, 0.1) is 13.0 Å². The van der Waals surface area contributed by atoms with Gasteiger partial charge in [-0.1, -0.05) is 0 Å². The first-order chi connectivity index (χ1) is 15.5. The van der Waals surface area contributed by atoms with E-state index in [4.69, 9.17) is 28.0 Å². The van der Waals surface area contributed by atoms with Crippen LogP contribution >= 0.6 is 0 Å². The highest BCUT2D eigenvalue weighted by Gasteiger charge is 2.39. The maximum atomic E-state index is 13.0. The zero-order valence-electron chi connectivity index (χ0n) is 18.1. The number of rotatable bonds is 13. The second-order valence-electron chi connectivity index (χ2n) is 7.56. The molecule has 0 aromatic heterocycles. The van der Waals surface area contributed by atoms with Crippen molar-refractivity contribution in [2.45, 2.75) is 56.3 Å². The molecule has 0 aromatic rings. The van der Waals surface area contributed by atoms with E-state index in [-0.39, 0.29) is 31.9 Å². The second-order valence-corrected chi connectivity index (χ2v) is 7.56. The molecule has 1 aliphatic rings. The molecular weight excluding hydrogens is 440 g/mol. The number of aliphatic imine (C=N–C) groups is 1. The fourth-order valence-electron chi connectivity index (χ4n) is 3.30. The van der Waals surface area contributed by atoms with Gasteiger partial charge in [-0.3, -0.25) is 24.2 Å². The van der Waals surface area contributed by atoms with Gasteiger partial charge in [0, 0.05) is 13.1 Å². The Hall–Kier alpha value is -3.46. The molecule has 0 radical (unpaired) electrons. The van der Waals surface area contributed by atoms with E-state index in [1.165, 1.54) is 0 Å². The predicted octanol–water partition coefficient (Wildman–Crippen LogP) is -4.72. The molecule has 1 fully saturated rings. The number of carbonyl (C=O) groups excluding carboxylic acids is 4. The number of primary amides is 1. The van der Waals surface area contributed by atoms with Gasteiger partial charge in [0.15, 0.2) is 5.96 Å². The van der Waals surface area contributed by atoms with Crippen molar-refractivity contribution in [2.75, 3.05) is 19.7 Å². The molecule has 186 valence electrons. The molecule has 0 aliphatic carbocycles. The van der Waals surface area contributed by atoms with Gasteiger partial charge in [-0.15, -0.1) is 0 Å². The van der Waals surface area contributed by atoms with Gasteiger partial charge in [-0.25, -0.2) is 4.79 Å². The van der Waals surface area contributed by atoms with Crippen LogP contribution in [0.5, 0.6) is 0 Å². The van der Waals surface area contributed by atoms with Crippen molar-refractivity contribution in [1.29, 1.82) is 0 Å². The van der Waals surface area contributed by atoms with Gasteiger partial charge in [0.1, 0.15) is 24.2 Å². The molecule has 4 atom stereocenters. The van der Waals surface area contributed by atoms with Gasteiger partial charge in [0.25, 0.3) is 0 Å². The maximum absolute atomic E-state index is 13.0. The number of hydrogen-bond acceptors (Lipinski definition) is 8. The molecule has 33 heavy (non-hydrogen) atoms. The van der Waals surface area contributed by atoms with Crippen LogP contribution in [0.15, 0.2) is 4.99 Å². The van der Waals surface area contributed by atoms with Crippen molar-refractivity contribution in [1.82, 2.24) is 15.5 Å². The van der Waals surface area contributed by atoms with Crippen LogP contribution in [-0.2, 0) is 24.0 Å². The first-order valence-corrected chi connectivity index (χ1v) is 10.3. The molecule has 0 bridgehead atoms. The zero-order chi connectivity index (χ0) is 25.1. The van der Waals surface area contributed by atoms with Crippen molar-refractivity contribution < 1.29 is 34.2 Å². The van der Waals surface area contributed by atoms with E-state index in [0.29, 0.717) is 12.8 Å². The molecule has 1 heterocycles. The molecule has 12 N–H and O–H groups in total. The van der Waals surface area contributed by atoms with E-state index in [9.17, 15) is 29.1 Å². The highest BCUT2D eigenvalue weighted by atomic mass is 16.4. The van der Waals surface area contributed by atoms with Gasteiger partial charge >= 0.3 is 5.97 Å². The number of hydrogen-bond donors (Lipinski definition) is 8. The largest absolute Gasteiger partial charge is 0.480 e. The molecule has 0 aromatic carbocycles. The summed E-state index contributed by atoms with van der Waals surface area (Å²) in [7, 11) is 0. The normalized spacial score (nSPS) is 18.0. The summed E-state index contributed by atoms with van der Waals surface area (Å²) in [6, 6.07) is -4.94. The lowest BCUT2D eigenvalue weighted by atomic mass is 10.1. The van der Waals surface area contributed by atoms with Crippen LogP contribution in [0.25, 0.3) is 0 Å². The maximum Gasteiger partial charge on any atom is 0.326 e. The van der Waals surface area contributed by atoms with Crippen LogP contribution < -0.4 is 33.6 Å². The number of amides is 4. The summed E-state index contributed by atoms with van der Waals surface area (Å²) in [4.78, 5) is 65.6. The fraction of sp³-hybridized carbons (Fsp3) is 0.667. The summed E-state index contributed by atoms with van der Waals surface area (Å²) >= 11 is 0. The number of nitrogens with zero attached hydrogens (tertiary/aromatic N) is 2. The average molecular weight is 473 g/mol. The van der Waals surface area contributed by atoms with E-state index < -0.39 is 66.8 Å². The Morgan fingerprint density at radius 2 is 1.76 bits per heavy atom. The molecule has 15 heteroatoms. The smallest absolute Gasteiger partial charge is 0.326 e. The van der Waals surface area contributed by atoms with Crippen molar-refractivity contribution in [2.24, 2.45) is 27.9 Å². The van der Waals surface area contributed by atoms with Crippen LogP contribution in [0.1, 0.15) is 32.1 Å². The Kier molecular flexibility index (Phi) is 11.0. The minimum absolute atomic E-state index is 0.0535. The number of guanidine groups is 1. The minimum Gasteiger partial charge on any atom is -0.480 e. The lowest BCUT2D eigenvalue weighted by Crippen LogP contribution is -2.57. The summed E-state index contributed by atoms with van der Waals surface area (Å²) in [5, 5.41) is 23.1. The van der Waals surface area contributed by atoms with E-state index in [1.54, 1.807) is 0 Å². The van der Waals surface area contributed by atoms with E-state index in [2.05, 4.69) is 15.6 Å². The van der Waals surface area contributed by atoms with Crippen LogP contribution in [0.4, 0.5) is 0 Å². The first kappa shape index (κ1) is 27.6. The standard InChI is InChI=1S/C18H32N8O7/c19-9(8-27)14(29)25-11(7-13(20)28)16(31)26-6-2-4-12(26)15(30)24-10(17(32)33)3-1-5-23-18(21)22/h9-12,27H,1-8,19H2,(H2,20,28)(H,24,30)(H,25,29)(H,32,33)(H4,21,22,23). The van der Waals surface area contributed by atoms with Gasteiger partial charge in [0.2, 0.25) is 23.6 Å². The minimum atomic E-state index is -1.39.